The Kier molecular flexibility index (Phi) is 3.51. The Morgan fingerprint density at radius 2 is 1.90 bits per heavy atom. The second-order valence-electron chi connectivity index (χ2n) is 4.50. The molecular formula is C15H13FN4O. The zero-order valence-electron chi connectivity index (χ0n) is 11.0. The van der Waals surface area contributed by atoms with E-state index in [0.717, 1.165) is 17.0 Å². The summed E-state index contributed by atoms with van der Waals surface area (Å²) in [6, 6.07) is 13.8. The Labute approximate surface area is 120 Å². The molecule has 5 nitrogen and oxygen atoms in total. The molecule has 2 aromatic carbocycles. The number of rotatable bonds is 4. The number of phenols is 1. The molecule has 0 aliphatic carbocycles. The van der Waals surface area contributed by atoms with Crippen molar-refractivity contribution in [1.82, 2.24) is 15.4 Å². The number of phenolic OH excluding ortho intramolecular Hbond substituents is 1. The largest absolute Gasteiger partial charge is 0.505 e. The summed E-state index contributed by atoms with van der Waals surface area (Å²) in [4.78, 5) is 0. The van der Waals surface area contributed by atoms with Crippen LogP contribution in [0.2, 0.25) is 0 Å². The van der Waals surface area contributed by atoms with E-state index in [1.807, 2.05) is 30.3 Å². The number of benzene rings is 2. The van der Waals surface area contributed by atoms with E-state index in [9.17, 15) is 4.39 Å². The molecule has 0 atom stereocenters. The minimum Gasteiger partial charge on any atom is -0.505 e. The molecule has 1 aromatic heterocycles. The van der Waals surface area contributed by atoms with E-state index in [0.29, 0.717) is 12.2 Å². The Bertz CT molecular complexity index is 742. The van der Waals surface area contributed by atoms with E-state index < -0.39 is 5.82 Å². The summed E-state index contributed by atoms with van der Waals surface area (Å²) in [5.74, 6) is -1.03. The van der Waals surface area contributed by atoms with Crippen LogP contribution in [0.1, 0.15) is 5.69 Å². The van der Waals surface area contributed by atoms with Gasteiger partial charge in [-0.25, -0.2) is 4.39 Å². The Balaban J connectivity index is 1.77. The average Bonchev–Trinajstić information content (AvgIpc) is 2.98. The summed E-state index contributed by atoms with van der Waals surface area (Å²) in [5.41, 5.74) is 3.00. The summed E-state index contributed by atoms with van der Waals surface area (Å²) in [6.07, 6.45) is 0. The number of H-pyrrole nitrogens is 1. The maximum atomic E-state index is 13.3. The van der Waals surface area contributed by atoms with Gasteiger partial charge in [0.05, 0.1) is 6.54 Å². The molecule has 0 bridgehead atoms. The number of anilines is 1. The highest BCUT2D eigenvalue weighted by Crippen LogP contribution is 2.22. The lowest BCUT2D eigenvalue weighted by molar-refractivity contribution is 0.432. The zero-order valence-corrected chi connectivity index (χ0v) is 11.0. The topological polar surface area (TPSA) is 73.8 Å². The summed E-state index contributed by atoms with van der Waals surface area (Å²) < 4.78 is 13.3. The number of aromatic hydroxyl groups is 1. The van der Waals surface area contributed by atoms with Crippen LogP contribution in [0.3, 0.4) is 0 Å². The second kappa shape index (κ2) is 5.62. The van der Waals surface area contributed by atoms with E-state index in [-0.39, 0.29) is 5.75 Å². The predicted molar refractivity (Wildman–Crippen MR) is 77.2 cm³/mol. The van der Waals surface area contributed by atoms with Gasteiger partial charge in [0.15, 0.2) is 11.6 Å². The molecule has 0 unspecified atom stereocenters. The predicted octanol–water partition coefficient (Wildman–Crippen LogP) is 2.93. The van der Waals surface area contributed by atoms with Gasteiger partial charge in [-0.05, 0) is 12.1 Å². The first kappa shape index (κ1) is 13.1. The molecule has 21 heavy (non-hydrogen) atoms. The molecule has 6 heteroatoms. The summed E-state index contributed by atoms with van der Waals surface area (Å²) >= 11 is 0. The fraction of sp³-hybridized carbons (Fsp3) is 0.0667. The van der Waals surface area contributed by atoms with Crippen molar-refractivity contribution in [2.45, 2.75) is 6.54 Å². The number of aromatic nitrogens is 3. The number of halogens is 1. The Morgan fingerprint density at radius 1 is 1.10 bits per heavy atom. The maximum absolute atomic E-state index is 13.3. The van der Waals surface area contributed by atoms with Crippen LogP contribution in [0.15, 0.2) is 48.5 Å². The van der Waals surface area contributed by atoms with Crippen LogP contribution in [-0.4, -0.2) is 20.5 Å². The van der Waals surface area contributed by atoms with Crippen LogP contribution in [0.25, 0.3) is 11.3 Å². The molecule has 0 fully saturated rings. The summed E-state index contributed by atoms with van der Waals surface area (Å²) in [6.45, 7) is 0.394. The smallest absolute Gasteiger partial charge is 0.166 e. The van der Waals surface area contributed by atoms with Gasteiger partial charge >= 0.3 is 0 Å². The Hall–Kier alpha value is -2.89. The number of hydrogen-bond acceptors (Lipinski definition) is 4. The average molecular weight is 284 g/mol. The number of nitrogens with zero attached hydrogens (tertiary/aromatic N) is 2. The minimum absolute atomic E-state index is 0.369. The highest BCUT2D eigenvalue weighted by Gasteiger charge is 2.10. The molecule has 0 aliphatic heterocycles. The van der Waals surface area contributed by atoms with E-state index >= 15 is 0 Å². The molecule has 3 aromatic rings. The number of aromatic amines is 1. The van der Waals surface area contributed by atoms with Gasteiger partial charge in [0, 0.05) is 17.3 Å². The van der Waals surface area contributed by atoms with Crippen molar-refractivity contribution in [3.63, 3.8) is 0 Å². The molecule has 0 spiro atoms. The highest BCUT2D eigenvalue weighted by atomic mass is 19.1. The molecule has 0 saturated carbocycles. The van der Waals surface area contributed by atoms with Gasteiger partial charge in [0.2, 0.25) is 0 Å². The maximum Gasteiger partial charge on any atom is 0.166 e. The third-order valence-electron chi connectivity index (χ3n) is 3.07. The van der Waals surface area contributed by atoms with Gasteiger partial charge in [-0.2, -0.15) is 15.4 Å². The van der Waals surface area contributed by atoms with Crippen molar-refractivity contribution in [2.75, 3.05) is 5.32 Å². The van der Waals surface area contributed by atoms with E-state index in [1.165, 1.54) is 12.1 Å². The molecule has 0 aliphatic rings. The lowest BCUT2D eigenvalue weighted by atomic mass is 10.1. The van der Waals surface area contributed by atoms with Crippen LogP contribution in [0, 0.1) is 5.82 Å². The van der Waals surface area contributed by atoms with Gasteiger partial charge in [0.1, 0.15) is 11.4 Å². The van der Waals surface area contributed by atoms with E-state index in [1.54, 1.807) is 6.07 Å². The van der Waals surface area contributed by atoms with Gasteiger partial charge in [-0.15, -0.1) is 0 Å². The standard InChI is InChI=1S/C15H13FN4O/c16-12-8-11(6-7-14(12)21)17-9-13-15(19-20-18-13)10-4-2-1-3-5-10/h1-8,17,21H,9H2,(H,18,19,20). The first-order valence-corrected chi connectivity index (χ1v) is 6.41. The molecule has 0 saturated heterocycles. The van der Waals surface area contributed by atoms with Crippen LogP contribution in [0.4, 0.5) is 10.1 Å². The molecule has 1 heterocycles. The van der Waals surface area contributed by atoms with Crippen molar-refractivity contribution in [3.8, 4) is 17.0 Å². The highest BCUT2D eigenvalue weighted by molar-refractivity contribution is 5.61. The third kappa shape index (κ3) is 2.84. The monoisotopic (exact) mass is 284 g/mol. The molecule has 3 N–H and O–H groups in total. The molecule has 0 amide bonds. The van der Waals surface area contributed by atoms with E-state index in [4.69, 9.17) is 5.11 Å². The lowest BCUT2D eigenvalue weighted by Crippen LogP contribution is -2.01. The third-order valence-corrected chi connectivity index (χ3v) is 3.07. The van der Waals surface area contributed by atoms with Gasteiger partial charge in [0.25, 0.3) is 0 Å². The van der Waals surface area contributed by atoms with Crippen LogP contribution < -0.4 is 5.32 Å². The number of nitrogens with one attached hydrogen (secondary N) is 2. The van der Waals surface area contributed by atoms with Gasteiger partial charge in [-0.3, -0.25) is 0 Å². The van der Waals surface area contributed by atoms with Crippen LogP contribution in [0.5, 0.6) is 5.75 Å². The van der Waals surface area contributed by atoms with Crippen molar-refractivity contribution in [3.05, 3.63) is 60.0 Å². The van der Waals surface area contributed by atoms with Crippen molar-refractivity contribution in [2.24, 2.45) is 0 Å². The minimum atomic E-state index is -0.663. The second-order valence-corrected chi connectivity index (χ2v) is 4.50. The fourth-order valence-electron chi connectivity index (χ4n) is 2.01. The molecular weight excluding hydrogens is 271 g/mol. The van der Waals surface area contributed by atoms with Gasteiger partial charge in [-0.1, -0.05) is 30.3 Å². The van der Waals surface area contributed by atoms with Crippen molar-refractivity contribution >= 4 is 5.69 Å². The first-order valence-electron chi connectivity index (χ1n) is 6.41. The molecule has 0 radical (unpaired) electrons. The van der Waals surface area contributed by atoms with Crippen molar-refractivity contribution in [1.29, 1.82) is 0 Å². The Morgan fingerprint density at radius 3 is 2.67 bits per heavy atom. The number of hydrogen-bond donors (Lipinski definition) is 3. The van der Waals surface area contributed by atoms with Crippen molar-refractivity contribution < 1.29 is 9.50 Å². The molecule has 106 valence electrons. The normalized spacial score (nSPS) is 10.5. The zero-order chi connectivity index (χ0) is 14.7. The fourth-order valence-corrected chi connectivity index (χ4v) is 2.01. The van der Waals surface area contributed by atoms with Crippen LogP contribution >= 0.6 is 0 Å². The van der Waals surface area contributed by atoms with Crippen LogP contribution in [-0.2, 0) is 6.54 Å². The summed E-state index contributed by atoms with van der Waals surface area (Å²) in [7, 11) is 0. The van der Waals surface area contributed by atoms with Gasteiger partial charge < -0.3 is 10.4 Å². The van der Waals surface area contributed by atoms with E-state index in [2.05, 4.69) is 20.7 Å². The molecule has 3 rings (SSSR count). The lowest BCUT2D eigenvalue weighted by Gasteiger charge is -2.06. The quantitative estimate of drug-likeness (QED) is 0.644. The first-order chi connectivity index (χ1) is 10.2. The summed E-state index contributed by atoms with van der Waals surface area (Å²) in [5, 5.41) is 23.1. The SMILES string of the molecule is Oc1ccc(NCc2n[nH]nc2-c2ccccc2)cc1F.